The van der Waals surface area contributed by atoms with Crippen molar-refractivity contribution in [2.45, 2.75) is 24.8 Å². The van der Waals surface area contributed by atoms with Crippen molar-refractivity contribution in [2.24, 2.45) is 5.73 Å². The van der Waals surface area contributed by atoms with E-state index in [1.165, 1.54) is 0 Å². The molecule has 1 aromatic carbocycles. The third-order valence-electron chi connectivity index (χ3n) is 3.20. The van der Waals surface area contributed by atoms with Crippen LogP contribution >= 0.6 is 0 Å². The van der Waals surface area contributed by atoms with E-state index in [2.05, 4.69) is 4.90 Å². The maximum Gasteiger partial charge on any atom is 0.179 e. The fourth-order valence-corrected chi connectivity index (χ4v) is 3.39. The van der Waals surface area contributed by atoms with Crippen molar-refractivity contribution in [3.63, 3.8) is 0 Å². The molecule has 0 saturated carbocycles. The molecule has 1 aliphatic rings. The number of benzene rings is 1. The van der Waals surface area contributed by atoms with Crippen molar-refractivity contribution in [1.29, 1.82) is 0 Å². The van der Waals surface area contributed by atoms with Gasteiger partial charge in [-0.3, -0.25) is 0 Å². The van der Waals surface area contributed by atoms with E-state index in [1.54, 1.807) is 18.2 Å². The second-order valence-corrected chi connectivity index (χ2v) is 6.81. The van der Waals surface area contributed by atoms with Gasteiger partial charge >= 0.3 is 0 Å². The summed E-state index contributed by atoms with van der Waals surface area (Å²) in [7, 11) is -3.30. The van der Waals surface area contributed by atoms with Gasteiger partial charge in [-0.05, 0) is 32.0 Å². The summed E-state index contributed by atoms with van der Waals surface area (Å²) in [4.78, 5) is 2.44. The van der Waals surface area contributed by atoms with E-state index in [0.29, 0.717) is 4.90 Å². The molecule has 5 nitrogen and oxygen atoms in total. The third kappa shape index (κ3) is 2.84. The van der Waals surface area contributed by atoms with Crippen molar-refractivity contribution in [2.75, 3.05) is 30.3 Å². The number of sulfone groups is 1. The van der Waals surface area contributed by atoms with E-state index >= 15 is 0 Å². The molecule has 1 unspecified atom stereocenters. The van der Waals surface area contributed by atoms with E-state index in [-0.39, 0.29) is 18.4 Å². The molecule has 0 aliphatic carbocycles. The van der Waals surface area contributed by atoms with Gasteiger partial charge in [-0.1, -0.05) is 0 Å². The van der Waals surface area contributed by atoms with Crippen LogP contribution in [0.2, 0.25) is 0 Å². The van der Waals surface area contributed by atoms with Crippen molar-refractivity contribution >= 4 is 15.5 Å². The molecular formula is C13H20N2O3S. The topological polar surface area (TPSA) is 72.6 Å². The number of likely N-dealkylation sites (N-methyl/N-ethyl adjacent to an activating group) is 1. The van der Waals surface area contributed by atoms with Gasteiger partial charge in [0.1, 0.15) is 11.9 Å². The van der Waals surface area contributed by atoms with E-state index in [0.717, 1.165) is 24.5 Å². The molecule has 0 radical (unpaired) electrons. The fourth-order valence-electron chi connectivity index (χ4n) is 2.27. The number of fused-ring (bicyclic) bond motifs is 1. The van der Waals surface area contributed by atoms with Crippen molar-refractivity contribution in [3.05, 3.63) is 18.2 Å². The summed E-state index contributed by atoms with van der Waals surface area (Å²) in [5.74, 6) is 0.710. The minimum absolute atomic E-state index is 0.0326. The molecule has 1 heterocycles. The number of anilines is 1. The standard InChI is InChI=1S/C13H20N2O3S/c1-3-15-9-10(2)18-13-5-4-11(8-12(13)15)19(16,17)7-6-14/h4-5,8,10H,3,6-7,9,14H2,1-2H3. The van der Waals surface area contributed by atoms with Gasteiger partial charge in [0.15, 0.2) is 9.84 Å². The van der Waals surface area contributed by atoms with Crippen LogP contribution in [0.15, 0.2) is 23.1 Å². The average Bonchev–Trinajstić information content (AvgIpc) is 2.37. The average molecular weight is 284 g/mol. The first-order valence-corrected chi connectivity index (χ1v) is 8.11. The minimum Gasteiger partial charge on any atom is -0.487 e. The van der Waals surface area contributed by atoms with Crippen LogP contribution in [0.5, 0.6) is 5.75 Å². The summed E-state index contributed by atoms with van der Waals surface area (Å²) >= 11 is 0. The lowest BCUT2D eigenvalue weighted by atomic mass is 10.2. The molecule has 0 saturated heterocycles. The summed E-state index contributed by atoms with van der Waals surface area (Å²) in [5.41, 5.74) is 6.19. The molecule has 19 heavy (non-hydrogen) atoms. The van der Waals surface area contributed by atoms with Crippen molar-refractivity contribution in [3.8, 4) is 5.75 Å². The van der Waals surface area contributed by atoms with Crippen LogP contribution in [0, 0.1) is 0 Å². The SMILES string of the molecule is CCN1CC(C)Oc2ccc(S(=O)(=O)CCN)cc21. The lowest BCUT2D eigenvalue weighted by Crippen LogP contribution is -2.38. The molecule has 6 heteroatoms. The monoisotopic (exact) mass is 284 g/mol. The number of rotatable bonds is 4. The van der Waals surface area contributed by atoms with E-state index in [4.69, 9.17) is 10.5 Å². The van der Waals surface area contributed by atoms with Crippen LogP contribution in [0.25, 0.3) is 0 Å². The quantitative estimate of drug-likeness (QED) is 0.894. The second kappa shape index (κ2) is 5.38. The van der Waals surface area contributed by atoms with Gasteiger partial charge < -0.3 is 15.4 Å². The van der Waals surface area contributed by atoms with Gasteiger partial charge in [0, 0.05) is 13.1 Å². The molecule has 2 rings (SSSR count). The Hall–Kier alpha value is -1.27. The molecule has 0 amide bonds. The van der Waals surface area contributed by atoms with Crippen molar-refractivity contribution < 1.29 is 13.2 Å². The molecule has 0 aromatic heterocycles. The summed E-state index contributed by atoms with van der Waals surface area (Å²) in [6, 6.07) is 5.02. The van der Waals surface area contributed by atoms with Crippen LogP contribution in [0.4, 0.5) is 5.69 Å². The van der Waals surface area contributed by atoms with Crippen LogP contribution in [-0.4, -0.2) is 39.9 Å². The Morgan fingerprint density at radius 3 is 2.84 bits per heavy atom. The Balaban J connectivity index is 2.43. The number of nitrogens with two attached hydrogens (primary N) is 1. The zero-order valence-electron chi connectivity index (χ0n) is 11.3. The predicted molar refractivity (Wildman–Crippen MR) is 75.5 cm³/mol. The fraction of sp³-hybridized carbons (Fsp3) is 0.538. The zero-order valence-corrected chi connectivity index (χ0v) is 12.1. The second-order valence-electron chi connectivity index (χ2n) is 4.70. The molecular weight excluding hydrogens is 264 g/mol. The van der Waals surface area contributed by atoms with Gasteiger partial charge in [-0.2, -0.15) is 0 Å². The highest BCUT2D eigenvalue weighted by molar-refractivity contribution is 7.91. The number of ether oxygens (including phenoxy) is 1. The van der Waals surface area contributed by atoms with Gasteiger partial charge in [-0.25, -0.2) is 8.42 Å². The van der Waals surface area contributed by atoms with Gasteiger partial charge in [0.05, 0.1) is 22.9 Å². The van der Waals surface area contributed by atoms with Crippen LogP contribution in [0.1, 0.15) is 13.8 Å². The number of nitrogens with zero attached hydrogens (tertiary/aromatic N) is 1. The Kier molecular flexibility index (Phi) is 4.01. The first kappa shape index (κ1) is 14.1. The van der Waals surface area contributed by atoms with E-state index in [1.807, 2.05) is 13.8 Å². The van der Waals surface area contributed by atoms with Gasteiger partial charge in [-0.15, -0.1) is 0 Å². The molecule has 2 N–H and O–H groups in total. The van der Waals surface area contributed by atoms with Crippen molar-refractivity contribution in [1.82, 2.24) is 0 Å². The maximum atomic E-state index is 12.0. The Labute approximate surface area is 114 Å². The molecule has 0 fully saturated rings. The maximum absolute atomic E-state index is 12.0. The Morgan fingerprint density at radius 2 is 2.21 bits per heavy atom. The molecule has 0 spiro atoms. The molecule has 0 bridgehead atoms. The van der Waals surface area contributed by atoms with Gasteiger partial charge in [0.25, 0.3) is 0 Å². The first-order chi connectivity index (χ1) is 8.97. The van der Waals surface area contributed by atoms with Crippen LogP contribution in [-0.2, 0) is 9.84 Å². The molecule has 1 aromatic rings. The summed E-state index contributed by atoms with van der Waals surface area (Å²) < 4.78 is 29.8. The smallest absolute Gasteiger partial charge is 0.179 e. The molecule has 1 atom stereocenters. The van der Waals surface area contributed by atoms with Crippen LogP contribution in [0.3, 0.4) is 0 Å². The highest BCUT2D eigenvalue weighted by Crippen LogP contribution is 2.35. The zero-order chi connectivity index (χ0) is 14.0. The lowest BCUT2D eigenvalue weighted by molar-refractivity contribution is 0.213. The largest absolute Gasteiger partial charge is 0.487 e. The summed E-state index contributed by atoms with van der Waals surface area (Å²) in [5, 5.41) is 0. The number of hydrogen-bond acceptors (Lipinski definition) is 5. The lowest BCUT2D eigenvalue weighted by Gasteiger charge is -2.34. The minimum atomic E-state index is -3.30. The van der Waals surface area contributed by atoms with Crippen LogP contribution < -0.4 is 15.4 Å². The van der Waals surface area contributed by atoms with E-state index < -0.39 is 9.84 Å². The first-order valence-electron chi connectivity index (χ1n) is 6.46. The summed E-state index contributed by atoms with van der Waals surface area (Å²) in [6.45, 7) is 5.77. The molecule has 1 aliphatic heterocycles. The predicted octanol–water partition coefficient (Wildman–Crippen LogP) is 1.03. The summed E-state index contributed by atoms with van der Waals surface area (Å²) in [6.07, 6.45) is 0.110. The van der Waals surface area contributed by atoms with E-state index in [9.17, 15) is 8.42 Å². The Bertz CT molecular complexity index is 557. The third-order valence-corrected chi connectivity index (χ3v) is 4.95. The Morgan fingerprint density at radius 1 is 1.47 bits per heavy atom. The normalized spacial score (nSPS) is 18.9. The number of hydrogen-bond donors (Lipinski definition) is 1. The molecule has 106 valence electrons. The highest BCUT2D eigenvalue weighted by atomic mass is 32.2. The highest BCUT2D eigenvalue weighted by Gasteiger charge is 2.24. The van der Waals surface area contributed by atoms with Gasteiger partial charge in [0.2, 0.25) is 0 Å².